The lowest BCUT2D eigenvalue weighted by molar-refractivity contribution is 0.416. The molecule has 0 saturated heterocycles. The Hall–Kier alpha value is -1.22. The highest BCUT2D eigenvalue weighted by Crippen LogP contribution is 2.25. The number of hydrogen-bond acceptors (Lipinski definition) is 3. The average Bonchev–Trinajstić information content (AvgIpc) is 2.16. The molecule has 1 rings (SSSR count). The van der Waals surface area contributed by atoms with Gasteiger partial charge in [0.25, 0.3) is 0 Å². The number of nitrogens with two attached hydrogens (primary N) is 2. The molecule has 13 heavy (non-hydrogen) atoms. The van der Waals surface area contributed by atoms with Crippen molar-refractivity contribution >= 4 is 5.69 Å². The minimum atomic E-state index is 0.0632. The molecular formula is C10H16N2O. The number of hydrogen-bond donors (Lipinski definition) is 2. The molecule has 3 nitrogen and oxygen atoms in total. The number of rotatable bonds is 3. The van der Waals surface area contributed by atoms with E-state index in [1.54, 1.807) is 7.11 Å². The molecule has 0 amide bonds. The Kier molecular flexibility index (Phi) is 3.14. The van der Waals surface area contributed by atoms with Crippen molar-refractivity contribution in [3.63, 3.8) is 0 Å². The molecule has 0 heterocycles. The molecule has 0 spiro atoms. The number of ether oxygens (including phenoxy) is 1. The molecule has 1 aromatic rings. The first-order chi connectivity index (χ1) is 6.19. The van der Waals surface area contributed by atoms with Gasteiger partial charge in [0.1, 0.15) is 5.75 Å². The van der Waals surface area contributed by atoms with E-state index in [9.17, 15) is 0 Å². The normalized spacial score (nSPS) is 12.5. The van der Waals surface area contributed by atoms with Crippen LogP contribution in [0.25, 0.3) is 0 Å². The maximum atomic E-state index is 5.86. The first-order valence-electron chi connectivity index (χ1n) is 4.38. The second-order valence-corrected chi connectivity index (χ2v) is 3.02. The van der Waals surface area contributed by atoms with Crippen molar-refractivity contribution in [3.8, 4) is 5.75 Å². The SMILES string of the molecule is CCC(N)c1ccc(OC)c(N)c1. The van der Waals surface area contributed by atoms with Crippen molar-refractivity contribution in [2.45, 2.75) is 19.4 Å². The van der Waals surface area contributed by atoms with E-state index >= 15 is 0 Å². The van der Waals surface area contributed by atoms with E-state index in [0.717, 1.165) is 12.0 Å². The van der Waals surface area contributed by atoms with E-state index in [1.807, 2.05) is 25.1 Å². The van der Waals surface area contributed by atoms with E-state index in [-0.39, 0.29) is 6.04 Å². The summed E-state index contributed by atoms with van der Waals surface area (Å²) in [6.07, 6.45) is 0.909. The summed E-state index contributed by atoms with van der Waals surface area (Å²) in [5, 5.41) is 0. The van der Waals surface area contributed by atoms with Crippen molar-refractivity contribution in [1.82, 2.24) is 0 Å². The summed E-state index contributed by atoms with van der Waals surface area (Å²) in [6, 6.07) is 5.73. The van der Waals surface area contributed by atoms with Crippen LogP contribution in [0.5, 0.6) is 5.75 Å². The molecule has 0 bridgehead atoms. The summed E-state index contributed by atoms with van der Waals surface area (Å²) in [4.78, 5) is 0. The molecule has 0 radical (unpaired) electrons. The highest BCUT2D eigenvalue weighted by molar-refractivity contribution is 5.54. The molecule has 72 valence electrons. The molecule has 0 saturated carbocycles. The molecule has 1 unspecified atom stereocenters. The lowest BCUT2D eigenvalue weighted by Crippen LogP contribution is -2.09. The summed E-state index contributed by atoms with van der Waals surface area (Å²) < 4.78 is 5.05. The lowest BCUT2D eigenvalue weighted by Gasteiger charge is -2.11. The standard InChI is InChI=1S/C10H16N2O/c1-3-8(11)7-4-5-10(13-2)9(12)6-7/h4-6,8H,3,11-12H2,1-2H3. The number of nitrogen functional groups attached to an aromatic ring is 1. The molecule has 1 atom stereocenters. The summed E-state index contributed by atoms with van der Waals surface area (Å²) in [6.45, 7) is 2.05. The third-order valence-electron chi connectivity index (χ3n) is 2.12. The van der Waals surface area contributed by atoms with Crippen LogP contribution in [0.3, 0.4) is 0 Å². The van der Waals surface area contributed by atoms with Crippen LogP contribution in [0, 0.1) is 0 Å². The number of anilines is 1. The minimum absolute atomic E-state index is 0.0632. The Labute approximate surface area is 78.7 Å². The third-order valence-corrected chi connectivity index (χ3v) is 2.12. The molecule has 1 aromatic carbocycles. The van der Waals surface area contributed by atoms with E-state index in [0.29, 0.717) is 11.4 Å². The zero-order valence-corrected chi connectivity index (χ0v) is 8.08. The molecule has 0 fully saturated rings. The number of benzene rings is 1. The molecule has 0 aliphatic heterocycles. The van der Waals surface area contributed by atoms with Crippen LogP contribution < -0.4 is 16.2 Å². The molecule has 4 N–H and O–H groups in total. The van der Waals surface area contributed by atoms with Gasteiger partial charge in [-0.05, 0) is 24.1 Å². The third kappa shape index (κ3) is 2.12. The van der Waals surface area contributed by atoms with Gasteiger partial charge in [0.05, 0.1) is 12.8 Å². The van der Waals surface area contributed by atoms with E-state index in [4.69, 9.17) is 16.2 Å². The Balaban J connectivity index is 2.95. The molecule has 0 aliphatic rings. The van der Waals surface area contributed by atoms with Gasteiger partial charge >= 0.3 is 0 Å². The zero-order valence-electron chi connectivity index (χ0n) is 8.08. The van der Waals surface area contributed by atoms with Gasteiger partial charge in [0.2, 0.25) is 0 Å². The van der Waals surface area contributed by atoms with Crippen LogP contribution in [-0.2, 0) is 0 Å². The Morgan fingerprint density at radius 3 is 2.62 bits per heavy atom. The smallest absolute Gasteiger partial charge is 0.141 e. The largest absolute Gasteiger partial charge is 0.495 e. The Bertz CT molecular complexity index is 286. The van der Waals surface area contributed by atoms with Crippen molar-refractivity contribution < 1.29 is 4.74 Å². The Morgan fingerprint density at radius 2 is 2.15 bits per heavy atom. The van der Waals surface area contributed by atoms with Gasteiger partial charge in [-0.3, -0.25) is 0 Å². The summed E-state index contributed by atoms with van der Waals surface area (Å²) in [5.74, 6) is 0.701. The molecular weight excluding hydrogens is 164 g/mol. The van der Waals surface area contributed by atoms with Gasteiger partial charge in [-0.2, -0.15) is 0 Å². The van der Waals surface area contributed by atoms with Crippen LogP contribution >= 0.6 is 0 Å². The zero-order chi connectivity index (χ0) is 9.84. The second kappa shape index (κ2) is 4.14. The van der Waals surface area contributed by atoms with Crippen LogP contribution in [0.4, 0.5) is 5.69 Å². The van der Waals surface area contributed by atoms with Crippen molar-refractivity contribution in [2.75, 3.05) is 12.8 Å². The topological polar surface area (TPSA) is 61.3 Å². The maximum Gasteiger partial charge on any atom is 0.141 e. The highest BCUT2D eigenvalue weighted by Gasteiger charge is 2.05. The number of methoxy groups -OCH3 is 1. The second-order valence-electron chi connectivity index (χ2n) is 3.02. The van der Waals surface area contributed by atoms with Gasteiger partial charge in [-0.15, -0.1) is 0 Å². The molecule has 0 aromatic heterocycles. The van der Waals surface area contributed by atoms with Crippen molar-refractivity contribution in [2.24, 2.45) is 5.73 Å². The first kappa shape index (κ1) is 9.86. The van der Waals surface area contributed by atoms with Gasteiger partial charge in [0.15, 0.2) is 0 Å². The average molecular weight is 180 g/mol. The fourth-order valence-corrected chi connectivity index (χ4v) is 1.22. The molecule has 3 heteroatoms. The predicted octanol–water partition coefficient (Wildman–Crippen LogP) is 1.69. The van der Waals surface area contributed by atoms with Crippen LogP contribution in [0.2, 0.25) is 0 Å². The van der Waals surface area contributed by atoms with Gasteiger partial charge in [-0.25, -0.2) is 0 Å². The van der Waals surface area contributed by atoms with Crippen molar-refractivity contribution in [3.05, 3.63) is 23.8 Å². The summed E-state index contributed by atoms with van der Waals surface area (Å²) >= 11 is 0. The molecule has 0 aliphatic carbocycles. The van der Waals surface area contributed by atoms with Gasteiger partial charge < -0.3 is 16.2 Å². The van der Waals surface area contributed by atoms with Crippen LogP contribution in [0.1, 0.15) is 24.9 Å². The minimum Gasteiger partial charge on any atom is -0.495 e. The predicted molar refractivity (Wildman–Crippen MR) is 54.6 cm³/mol. The fraction of sp³-hybridized carbons (Fsp3) is 0.400. The van der Waals surface area contributed by atoms with Crippen LogP contribution in [-0.4, -0.2) is 7.11 Å². The first-order valence-corrected chi connectivity index (χ1v) is 4.38. The summed E-state index contributed by atoms with van der Waals surface area (Å²) in [5.41, 5.74) is 13.3. The van der Waals surface area contributed by atoms with Gasteiger partial charge in [0, 0.05) is 6.04 Å². The van der Waals surface area contributed by atoms with Crippen molar-refractivity contribution in [1.29, 1.82) is 0 Å². The Morgan fingerprint density at radius 1 is 1.46 bits per heavy atom. The van der Waals surface area contributed by atoms with E-state index in [2.05, 4.69) is 0 Å². The maximum absolute atomic E-state index is 5.86. The van der Waals surface area contributed by atoms with Gasteiger partial charge in [-0.1, -0.05) is 13.0 Å². The fourth-order valence-electron chi connectivity index (χ4n) is 1.22. The highest BCUT2D eigenvalue weighted by atomic mass is 16.5. The van der Waals surface area contributed by atoms with Crippen LogP contribution in [0.15, 0.2) is 18.2 Å². The monoisotopic (exact) mass is 180 g/mol. The van der Waals surface area contributed by atoms with E-state index < -0.39 is 0 Å². The summed E-state index contributed by atoms with van der Waals surface area (Å²) in [7, 11) is 1.60. The quantitative estimate of drug-likeness (QED) is 0.696. The lowest BCUT2D eigenvalue weighted by atomic mass is 10.0. The van der Waals surface area contributed by atoms with E-state index in [1.165, 1.54) is 0 Å².